The first-order valence-corrected chi connectivity index (χ1v) is 6.27. The van der Waals surface area contributed by atoms with Crippen molar-refractivity contribution in [3.8, 4) is 0 Å². The van der Waals surface area contributed by atoms with E-state index in [1.165, 1.54) is 12.1 Å². The van der Waals surface area contributed by atoms with Gasteiger partial charge in [0.1, 0.15) is 11.6 Å². The number of pyridine rings is 1. The van der Waals surface area contributed by atoms with Crippen molar-refractivity contribution in [3.63, 3.8) is 0 Å². The second-order valence-corrected chi connectivity index (χ2v) is 4.88. The van der Waals surface area contributed by atoms with Crippen LogP contribution in [-0.2, 0) is 6.42 Å². The fraction of sp³-hybridized carbons (Fsp3) is 0.214. The second kappa shape index (κ2) is 5.55. The van der Waals surface area contributed by atoms with E-state index in [4.69, 9.17) is 23.1 Å². The molecule has 2 rings (SSSR count). The lowest BCUT2D eigenvalue weighted by Crippen LogP contribution is -2.17. The summed E-state index contributed by atoms with van der Waals surface area (Å²) in [5, 5.41) is 0.371. The van der Waals surface area contributed by atoms with Crippen LogP contribution in [-0.4, -0.2) is 4.98 Å². The number of halogens is 2. The summed E-state index contributed by atoms with van der Waals surface area (Å²) in [6, 6.07) is 5.82. The van der Waals surface area contributed by atoms with Crippen LogP contribution < -0.4 is 11.5 Å². The minimum absolute atomic E-state index is 0.323. The highest BCUT2D eigenvalue weighted by Crippen LogP contribution is 2.27. The third kappa shape index (κ3) is 3.03. The summed E-state index contributed by atoms with van der Waals surface area (Å²) in [5.74, 6) is 0.0603. The van der Waals surface area contributed by atoms with Crippen molar-refractivity contribution >= 4 is 17.4 Å². The van der Waals surface area contributed by atoms with Crippen LogP contribution in [0.4, 0.5) is 10.2 Å². The molecule has 1 aromatic carbocycles. The Morgan fingerprint density at radius 3 is 2.74 bits per heavy atom. The number of aromatic nitrogens is 1. The molecule has 0 aliphatic rings. The van der Waals surface area contributed by atoms with Crippen molar-refractivity contribution < 1.29 is 4.39 Å². The van der Waals surface area contributed by atoms with E-state index in [2.05, 4.69) is 4.98 Å². The molecule has 1 atom stereocenters. The molecule has 19 heavy (non-hydrogen) atoms. The number of aryl methyl sites for hydroxylation is 1. The van der Waals surface area contributed by atoms with E-state index in [1.807, 2.05) is 13.0 Å². The molecular formula is C14H15ClFN3. The van der Waals surface area contributed by atoms with Gasteiger partial charge in [0, 0.05) is 22.8 Å². The average Bonchev–Trinajstić information content (AvgIpc) is 2.32. The van der Waals surface area contributed by atoms with Crippen LogP contribution in [0.15, 0.2) is 30.5 Å². The Labute approximate surface area is 116 Å². The summed E-state index contributed by atoms with van der Waals surface area (Å²) in [5.41, 5.74) is 14.6. The third-order valence-corrected chi connectivity index (χ3v) is 3.42. The first-order valence-electron chi connectivity index (χ1n) is 5.89. The number of hydrogen-bond acceptors (Lipinski definition) is 3. The van der Waals surface area contributed by atoms with Gasteiger partial charge in [0.25, 0.3) is 0 Å². The minimum atomic E-state index is -0.362. The molecule has 0 amide bonds. The van der Waals surface area contributed by atoms with Gasteiger partial charge in [-0.15, -0.1) is 0 Å². The van der Waals surface area contributed by atoms with Crippen molar-refractivity contribution in [2.45, 2.75) is 19.4 Å². The molecule has 4 N–H and O–H groups in total. The smallest absolute Gasteiger partial charge is 0.128 e. The van der Waals surface area contributed by atoms with E-state index in [0.29, 0.717) is 17.3 Å². The minimum Gasteiger partial charge on any atom is -0.383 e. The molecule has 2 aromatic rings. The third-order valence-electron chi connectivity index (χ3n) is 3.06. The van der Waals surface area contributed by atoms with E-state index in [1.54, 1.807) is 12.3 Å². The lowest BCUT2D eigenvalue weighted by Gasteiger charge is -2.17. The molecule has 0 aliphatic heterocycles. The molecule has 0 radical (unpaired) electrons. The van der Waals surface area contributed by atoms with Crippen molar-refractivity contribution in [3.05, 3.63) is 58.0 Å². The Morgan fingerprint density at radius 2 is 2.11 bits per heavy atom. The van der Waals surface area contributed by atoms with Crippen molar-refractivity contribution in [1.29, 1.82) is 0 Å². The van der Waals surface area contributed by atoms with Gasteiger partial charge in [-0.05, 0) is 42.7 Å². The molecule has 1 heterocycles. The van der Waals surface area contributed by atoms with Crippen LogP contribution in [0.3, 0.4) is 0 Å². The molecule has 0 spiro atoms. The number of nitrogens with zero attached hydrogens (tertiary/aromatic N) is 1. The number of rotatable bonds is 3. The van der Waals surface area contributed by atoms with E-state index in [0.717, 1.165) is 16.7 Å². The van der Waals surface area contributed by atoms with E-state index in [-0.39, 0.29) is 11.9 Å². The quantitative estimate of drug-likeness (QED) is 0.908. The Balaban J connectivity index is 2.28. The molecule has 100 valence electrons. The number of hydrogen-bond donors (Lipinski definition) is 2. The van der Waals surface area contributed by atoms with E-state index < -0.39 is 0 Å². The molecule has 1 aromatic heterocycles. The predicted molar refractivity (Wildman–Crippen MR) is 75.4 cm³/mol. The van der Waals surface area contributed by atoms with Crippen molar-refractivity contribution in [2.75, 3.05) is 5.73 Å². The number of anilines is 1. The molecular weight excluding hydrogens is 265 g/mol. The maximum Gasteiger partial charge on any atom is 0.128 e. The number of benzene rings is 1. The largest absolute Gasteiger partial charge is 0.383 e. The molecule has 1 unspecified atom stereocenters. The highest BCUT2D eigenvalue weighted by molar-refractivity contribution is 6.31. The van der Waals surface area contributed by atoms with Crippen LogP contribution in [0.1, 0.15) is 22.7 Å². The van der Waals surface area contributed by atoms with Crippen LogP contribution in [0.2, 0.25) is 5.02 Å². The summed E-state index contributed by atoms with van der Waals surface area (Å²) < 4.78 is 13.0. The fourth-order valence-corrected chi connectivity index (χ4v) is 2.34. The normalized spacial score (nSPS) is 12.4. The summed E-state index contributed by atoms with van der Waals surface area (Å²) in [6.07, 6.45) is 2.13. The summed E-state index contributed by atoms with van der Waals surface area (Å²) in [4.78, 5) is 4.04. The zero-order valence-electron chi connectivity index (χ0n) is 10.5. The highest BCUT2D eigenvalue weighted by Gasteiger charge is 2.15. The summed E-state index contributed by atoms with van der Waals surface area (Å²) in [6.45, 7) is 1.93. The molecule has 0 saturated heterocycles. The topological polar surface area (TPSA) is 64.9 Å². The number of nitrogens with two attached hydrogens (primary N) is 2. The molecule has 0 bridgehead atoms. The van der Waals surface area contributed by atoms with Crippen molar-refractivity contribution in [1.82, 2.24) is 4.98 Å². The fourth-order valence-electron chi connectivity index (χ4n) is 2.10. The highest BCUT2D eigenvalue weighted by atomic mass is 35.5. The zero-order valence-corrected chi connectivity index (χ0v) is 11.3. The molecule has 0 fully saturated rings. The lowest BCUT2D eigenvalue weighted by molar-refractivity contribution is 0.625. The average molecular weight is 280 g/mol. The molecule has 3 nitrogen and oxygen atoms in total. The first-order chi connectivity index (χ1) is 8.99. The van der Waals surface area contributed by atoms with Crippen LogP contribution >= 0.6 is 11.6 Å². The molecule has 0 saturated carbocycles. The Hall–Kier alpha value is -1.65. The van der Waals surface area contributed by atoms with Gasteiger partial charge in [0.15, 0.2) is 0 Å². The first kappa shape index (κ1) is 13.8. The Kier molecular flexibility index (Phi) is 4.02. The second-order valence-electron chi connectivity index (χ2n) is 4.47. The summed E-state index contributed by atoms with van der Waals surface area (Å²) >= 11 is 6.00. The van der Waals surface area contributed by atoms with Gasteiger partial charge in [0.2, 0.25) is 0 Å². The lowest BCUT2D eigenvalue weighted by atomic mass is 9.97. The predicted octanol–water partition coefficient (Wildman–Crippen LogP) is 3.01. The van der Waals surface area contributed by atoms with Gasteiger partial charge in [-0.2, -0.15) is 0 Å². The van der Waals surface area contributed by atoms with Crippen LogP contribution in [0.5, 0.6) is 0 Å². The van der Waals surface area contributed by atoms with E-state index >= 15 is 0 Å². The van der Waals surface area contributed by atoms with Gasteiger partial charge >= 0.3 is 0 Å². The van der Waals surface area contributed by atoms with Gasteiger partial charge < -0.3 is 11.5 Å². The van der Waals surface area contributed by atoms with Gasteiger partial charge in [-0.25, -0.2) is 9.37 Å². The van der Waals surface area contributed by atoms with E-state index in [9.17, 15) is 4.39 Å². The van der Waals surface area contributed by atoms with Crippen LogP contribution in [0, 0.1) is 12.7 Å². The molecule has 5 heteroatoms. The Bertz CT molecular complexity index is 581. The van der Waals surface area contributed by atoms with Gasteiger partial charge in [-0.1, -0.05) is 17.7 Å². The van der Waals surface area contributed by atoms with Gasteiger partial charge in [0.05, 0.1) is 0 Å². The van der Waals surface area contributed by atoms with Gasteiger partial charge in [-0.3, -0.25) is 0 Å². The standard InChI is InChI=1S/C14H15ClFN3/c1-8-4-5-19-14(18)13(8)12(17)6-9-2-3-10(16)7-11(9)15/h2-5,7,12H,6,17H2,1H3,(H2,18,19). The maximum atomic E-state index is 13.0. The number of nitrogen functional groups attached to an aromatic ring is 1. The maximum absolute atomic E-state index is 13.0. The SMILES string of the molecule is Cc1ccnc(N)c1C(N)Cc1ccc(F)cc1Cl. The zero-order chi connectivity index (χ0) is 14.0. The monoisotopic (exact) mass is 279 g/mol. The Morgan fingerprint density at radius 1 is 1.37 bits per heavy atom. The molecule has 0 aliphatic carbocycles. The van der Waals surface area contributed by atoms with Crippen LogP contribution in [0.25, 0.3) is 0 Å². The summed E-state index contributed by atoms with van der Waals surface area (Å²) in [7, 11) is 0. The van der Waals surface area contributed by atoms with Crippen molar-refractivity contribution in [2.24, 2.45) is 5.73 Å².